The van der Waals surface area contributed by atoms with Crippen LogP contribution in [-0.2, 0) is 9.59 Å². The van der Waals surface area contributed by atoms with Gasteiger partial charge in [0.2, 0.25) is 0 Å². The molecule has 0 spiro atoms. The number of nitrogens with zero attached hydrogens (tertiary/aromatic N) is 1. The van der Waals surface area contributed by atoms with Gasteiger partial charge in [-0.2, -0.15) is 0 Å². The predicted molar refractivity (Wildman–Crippen MR) is 129 cm³/mol. The zero-order valence-electron chi connectivity index (χ0n) is 19.5. The molecule has 1 aliphatic carbocycles. The molecule has 0 aliphatic heterocycles. The molecule has 1 N–H and O–H groups in total. The van der Waals surface area contributed by atoms with Crippen molar-refractivity contribution in [2.45, 2.75) is 51.1 Å². The number of hydrogen-bond donors (Lipinski definition) is 1. The predicted octanol–water partition coefficient (Wildman–Crippen LogP) is 5.43. The SMILES string of the molecule is COc1cccc(N(C(=O)C=Cc2ccc(C)o2)C(C(=O)NC2CCCCC2)c2ccco2)c1. The van der Waals surface area contributed by atoms with Crippen molar-refractivity contribution in [1.29, 1.82) is 0 Å². The van der Waals surface area contributed by atoms with Crippen LogP contribution in [0.5, 0.6) is 5.75 Å². The summed E-state index contributed by atoms with van der Waals surface area (Å²) in [4.78, 5) is 28.7. The molecule has 7 nitrogen and oxygen atoms in total. The second-order valence-corrected chi connectivity index (χ2v) is 8.45. The van der Waals surface area contributed by atoms with E-state index in [9.17, 15) is 9.59 Å². The van der Waals surface area contributed by atoms with Crippen molar-refractivity contribution in [3.63, 3.8) is 0 Å². The van der Waals surface area contributed by atoms with Crippen molar-refractivity contribution in [2.75, 3.05) is 12.0 Å². The second-order valence-electron chi connectivity index (χ2n) is 8.45. The first-order valence-electron chi connectivity index (χ1n) is 11.6. The van der Waals surface area contributed by atoms with Gasteiger partial charge in [0, 0.05) is 23.9 Å². The molecule has 0 radical (unpaired) electrons. The van der Waals surface area contributed by atoms with E-state index < -0.39 is 6.04 Å². The summed E-state index contributed by atoms with van der Waals surface area (Å²) in [5.41, 5.74) is 0.518. The molecule has 34 heavy (non-hydrogen) atoms. The van der Waals surface area contributed by atoms with Gasteiger partial charge in [0.15, 0.2) is 6.04 Å². The lowest BCUT2D eigenvalue weighted by Crippen LogP contribution is -2.46. The Kier molecular flexibility index (Phi) is 7.52. The molecular formula is C27H30N2O5. The summed E-state index contributed by atoms with van der Waals surface area (Å²) in [6.45, 7) is 1.84. The van der Waals surface area contributed by atoms with Gasteiger partial charge >= 0.3 is 0 Å². The van der Waals surface area contributed by atoms with Crippen LogP contribution in [0, 0.1) is 6.92 Å². The molecule has 0 saturated heterocycles. The van der Waals surface area contributed by atoms with Crippen molar-refractivity contribution in [2.24, 2.45) is 0 Å². The van der Waals surface area contributed by atoms with Gasteiger partial charge in [-0.15, -0.1) is 0 Å². The van der Waals surface area contributed by atoms with Gasteiger partial charge < -0.3 is 18.9 Å². The maximum absolute atomic E-state index is 13.6. The van der Waals surface area contributed by atoms with E-state index in [-0.39, 0.29) is 17.9 Å². The molecule has 3 aromatic rings. The summed E-state index contributed by atoms with van der Waals surface area (Å²) in [6.07, 6.45) is 9.72. The van der Waals surface area contributed by atoms with Crippen molar-refractivity contribution in [3.05, 3.63) is 78.2 Å². The van der Waals surface area contributed by atoms with Crippen LogP contribution in [-0.4, -0.2) is 25.0 Å². The molecule has 1 aliphatic rings. The van der Waals surface area contributed by atoms with E-state index in [4.69, 9.17) is 13.6 Å². The smallest absolute Gasteiger partial charge is 0.252 e. The van der Waals surface area contributed by atoms with E-state index in [0.29, 0.717) is 23.0 Å². The number of furan rings is 2. The Morgan fingerprint density at radius 3 is 2.62 bits per heavy atom. The maximum atomic E-state index is 13.6. The summed E-state index contributed by atoms with van der Waals surface area (Å²) in [5.74, 6) is 1.59. The number of carbonyl (C=O) groups excluding carboxylic acids is 2. The molecule has 2 aromatic heterocycles. The Morgan fingerprint density at radius 1 is 1.12 bits per heavy atom. The van der Waals surface area contributed by atoms with Crippen molar-refractivity contribution in [3.8, 4) is 5.75 Å². The first-order chi connectivity index (χ1) is 16.5. The number of ether oxygens (including phenoxy) is 1. The summed E-state index contributed by atoms with van der Waals surface area (Å²) in [6, 6.07) is 13.2. The third-order valence-corrected chi connectivity index (χ3v) is 5.99. The lowest BCUT2D eigenvalue weighted by atomic mass is 9.95. The average Bonchev–Trinajstić information content (AvgIpc) is 3.53. The van der Waals surface area contributed by atoms with Gasteiger partial charge in [-0.05, 0) is 62.2 Å². The lowest BCUT2D eigenvalue weighted by molar-refractivity contribution is -0.126. The average molecular weight is 463 g/mol. The van der Waals surface area contributed by atoms with Crippen molar-refractivity contribution >= 4 is 23.6 Å². The number of methoxy groups -OCH3 is 1. The van der Waals surface area contributed by atoms with Crippen LogP contribution in [0.15, 0.2) is 69.7 Å². The second kappa shape index (κ2) is 10.9. The summed E-state index contributed by atoms with van der Waals surface area (Å²) >= 11 is 0. The Morgan fingerprint density at radius 2 is 1.94 bits per heavy atom. The van der Waals surface area contributed by atoms with E-state index in [0.717, 1.165) is 31.4 Å². The van der Waals surface area contributed by atoms with Gasteiger partial charge in [0.1, 0.15) is 23.0 Å². The van der Waals surface area contributed by atoms with E-state index in [1.807, 2.05) is 13.0 Å². The van der Waals surface area contributed by atoms with E-state index in [1.165, 1.54) is 23.7 Å². The highest BCUT2D eigenvalue weighted by Crippen LogP contribution is 2.32. The zero-order valence-corrected chi connectivity index (χ0v) is 19.5. The normalized spacial score (nSPS) is 15.2. The molecule has 2 amide bonds. The molecule has 178 valence electrons. The zero-order chi connectivity index (χ0) is 23.9. The van der Waals surface area contributed by atoms with Crippen molar-refractivity contribution in [1.82, 2.24) is 5.32 Å². The Bertz CT molecular complexity index is 1130. The quantitative estimate of drug-likeness (QED) is 0.452. The molecule has 4 rings (SSSR count). The lowest BCUT2D eigenvalue weighted by Gasteiger charge is -2.31. The van der Waals surface area contributed by atoms with Gasteiger partial charge in [0.25, 0.3) is 11.8 Å². The Balaban J connectivity index is 1.71. The van der Waals surface area contributed by atoms with Gasteiger partial charge in [-0.25, -0.2) is 0 Å². The Labute approximate surface area is 199 Å². The fraction of sp³-hybridized carbons (Fsp3) is 0.333. The van der Waals surface area contributed by atoms with Gasteiger partial charge in [0.05, 0.1) is 13.4 Å². The van der Waals surface area contributed by atoms with Crippen LogP contribution in [0.25, 0.3) is 6.08 Å². The molecule has 0 bridgehead atoms. The van der Waals surface area contributed by atoms with Gasteiger partial charge in [-0.1, -0.05) is 25.3 Å². The highest BCUT2D eigenvalue weighted by atomic mass is 16.5. The molecule has 1 aromatic carbocycles. The topological polar surface area (TPSA) is 84.9 Å². The molecule has 1 unspecified atom stereocenters. The van der Waals surface area contributed by atoms with Crippen LogP contribution >= 0.6 is 0 Å². The number of amides is 2. The molecule has 2 heterocycles. The number of benzene rings is 1. The first kappa shape index (κ1) is 23.4. The standard InChI is InChI=1S/C27H30N2O5/c1-19-13-14-22(34-19)15-16-25(30)29(21-10-6-11-23(18-21)32-2)26(24-12-7-17-33-24)27(31)28-20-8-4-3-5-9-20/h6-7,10-18,20,26H,3-5,8-9H2,1-2H3,(H,28,31). The fourth-order valence-corrected chi connectivity index (χ4v) is 4.29. The van der Waals surface area contributed by atoms with Crippen LogP contribution in [0.4, 0.5) is 5.69 Å². The molecule has 1 fully saturated rings. The maximum Gasteiger partial charge on any atom is 0.252 e. The number of hydrogen-bond acceptors (Lipinski definition) is 5. The highest BCUT2D eigenvalue weighted by molar-refractivity contribution is 6.08. The Hall–Kier alpha value is -3.74. The van der Waals surface area contributed by atoms with Crippen LogP contribution in [0.1, 0.15) is 55.4 Å². The minimum atomic E-state index is -0.987. The summed E-state index contributed by atoms with van der Waals surface area (Å²) in [5, 5.41) is 3.15. The van der Waals surface area contributed by atoms with Crippen LogP contribution in [0.3, 0.4) is 0 Å². The largest absolute Gasteiger partial charge is 0.497 e. The number of carbonyl (C=O) groups is 2. The number of nitrogens with one attached hydrogen (secondary N) is 1. The summed E-state index contributed by atoms with van der Waals surface area (Å²) in [7, 11) is 1.56. The van der Waals surface area contributed by atoms with Crippen LogP contribution in [0.2, 0.25) is 0 Å². The minimum absolute atomic E-state index is 0.0857. The number of rotatable bonds is 8. The van der Waals surface area contributed by atoms with Gasteiger partial charge in [-0.3, -0.25) is 14.5 Å². The summed E-state index contributed by atoms with van der Waals surface area (Å²) < 4.78 is 16.6. The van der Waals surface area contributed by atoms with E-state index in [1.54, 1.807) is 55.7 Å². The monoisotopic (exact) mass is 462 g/mol. The molecule has 1 atom stereocenters. The third kappa shape index (κ3) is 5.60. The third-order valence-electron chi connectivity index (χ3n) is 5.99. The number of anilines is 1. The van der Waals surface area contributed by atoms with Crippen LogP contribution < -0.4 is 15.0 Å². The van der Waals surface area contributed by atoms with E-state index in [2.05, 4.69) is 5.32 Å². The molecule has 7 heteroatoms. The molecular weight excluding hydrogens is 432 g/mol. The highest BCUT2D eigenvalue weighted by Gasteiger charge is 2.35. The van der Waals surface area contributed by atoms with Crippen molar-refractivity contribution < 1.29 is 23.2 Å². The molecule has 1 saturated carbocycles. The fourth-order valence-electron chi connectivity index (χ4n) is 4.29. The number of aryl methyl sites for hydroxylation is 1. The minimum Gasteiger partial charge on any atom is -0.497 e. The first-order valence-corrected chi connectivity index (χ1v) is 11.6. The van der Waals surface area contributed by atoms with E-state index >= 15 is 0 Å².